The number of methoxy groups -OCH3 is 1. The lowest BCUT2D eigenvalue weighted by Gasteiger charge is -2.19. The van der Waals surface area contributed by atoms with Gasteiger partial charge < -0.3 is 14.7 Å². The second-order valence-corrected chi connectivity index (χ2v) is 4.38. The highest BCUT2D eigenvalue weighted by atomic mass is 16.5. The van der Waals surface area contributed by atoms with E-state index in [1.54, 1.807) is 20.2 Å². The number of hydrogen-bond donors (Lipinski definition) is 1. The van der Waals surface area contributed by atoms with Crippen LogP contribution in [0.3, 0.4) is 0 Å². The minimum Gasteiger partial charge on any atom is -0.497 e. The topological polar surface area (TPSA) is 45.6 Å². The molecule has 0 amide bonds. The number of benzene rings is 1. The van der Waals surface area contributed by atoms with Crippen LogP contribution >= 0.6 is 0 Å². The molecule has 0 aliphatic heterocycles. The van der Waals surface area contributed by atoms with Crippen molar-refractivity contribution in [3.63, 3.8) is 0 Å². The molecule has 4 nitrogen and oxygen atoms in total. The van der Waals surface area contributed by atoms with Crippen LogP contribution in [-0.2, 0) is 0 Å². The number of nitrogens with zero attached hydrogens (tertiary/aromatic N) is 2. The first-order chi connectivity index (χ1) is 9.11. The number of aliphatic hydroxyl groups excluding tert-OH is 1. The second-order valence-electron chi connectivity index (χ2n) is 4.38. The van der Waals surface area contributed by atoms with Crippen LogP contribution in [0.5, 0.6) is 5.75 Å². The number of ether oxygens (including phenoxy) is 1. The molecule has 1 atom stereocenters. The van der Waals surface area contributed by atoms with E-state index in [0.717, 1.165) is 22.8 Å². The van der Waals surface area contributed by atoms with Crippen LogP contribution in [0.25, 0.3) is 0 Å². The Labute approximate surface area is 113 Å². The first-order valence-electron chi connectivity index (χ1n) is 6.13. The average molecular weight is 258 g/mol. The lowest BCUT2D eigenvalue weighted by atomic mass is 10.1. The van der Waals surface area contributed by atoms with Gasteiger partial charge in [-0.3, -0.25) is 0 Å². The van der Waals surface area contributed by atoms with Gasteiger partial charge in [0, 0.05) is 18.9 Å². The van der Waals surface area contributed by atoms with E-state index in [2.05, 4.69) is 4.98 Å². The van der Waals surface area contributed by atoms with Gasteiger partial charge in [0.25, 0.3) is 0 Å². The third kappa shape index (κ3) is 3.03. The van der Waals surface area contributed by atoms with Crippen molar-refractivity contribution in [2.75, 3.05) is 19.1 Å². The number of hydrogen-bond acceptors (Lipinski definition) is 4. The van der Waals surface area contributed by atoms with E-state index in [1.807, 2.05) is 48.3 Å². The Bertz CT molecular complexity index is 538. The molecule has 1 heterocycles. The maximum atomic E-state index is 9.61. The number of aliphatic hydroxyl groups is 1. The molecule has 0 unspecified atom stereocenters. The minimum absolute atomic E-state index is 0.494. The van der Waals surface area contributed by atoms with Gasteiger partial charge in [-0.1, -0.05) is 0 Å². The van der Waals surface area contributed by atoms with Crippen molar-refractivity contribution in [1.82, 2.24) is 4.98 Å². The summed E-state index contributed by atoms with van der Waals surface area (Å²) in [5.41, 5.74) is 1.86. The molecule has 19 heavy (non-hydrogen) atoms. The third-order valence-electron chi connectivity index (χ3n) is 3.06. The molecular formula is C15H18N2O2. The second kappa shape index (κ2) is 5.71. The maximum absolute atomic E-state index is 9.61. The van der Waals surface area contributed by atoms with Crippen LogP contribution < -0.4 is 9.64 Å². The highest BCUT2D eigenvalue weighted by Crippen LogP contribution is 2.25. The van der Waals surface area contributed by atoms with Crippen LogP contribution in [0, 0.1) is 0 Å². The van der Waals surface area contributed by atoms with Gasteiger partial charge in [-0.05, 0) is 48.9 Å². The molecule has 0 radical (unpaired) electrons. The Morgan fingerprint density at radius 2 is 1.89 bits per heavy atom. The molecule has 0 aliphatic carbocycles. The van der Waals surface area contributed by atoms with Crippen molar-refractivity contribution < 1.29 is 9.84 Å². The molecule has 1 aromatic carbocycles. The molecular weight excluding hydrogens is 240 g/mol. The van der Waals surface area contributed by atoms with Crippen molar-refractivity contribution >= 4 is 11.5 Å². The predicted octanol–water partition coefficient (Wildman–Crippen LogP) is 2.91. The van der Waals surface area contributed by atoms with E-state index in [0.29, 0.717) is 0 Å². The van der Waals surface area contributed by atoms with E-state index in [9.17, 15) is 5.11 Å². The van der Waals surface area contributed by atoms with Crippen molar-refractivity contribution in [3.8, 4) is 5.75 Å². The zero-order valence-corrected chi connectivity index (χ0v) is 11.4. The minimum atomic E-state index is -0.494. The third-order valence-corrected chi connectivity index (χ3v) is 3.06. The van der Waals surface area contributed by atoms with E-state index in [1.165, 1.54) is 0 Å². The van der Waals surface area contributed by atoms with Crippen LogP contribution in [0.1, 0.15) is 18.6 Å². The molecule has 0 aliphatic rings. The SMILES string of the molecule is COc1ccc(N(C)c2cc([C@@H](C)O)ccn2)cc1. The lowest BCUT2D eigenvalue weighted by Crippen LogP contribution is -2.11. The molecule has 0 saturated heterocycles. The van der Waals surface area contributed by atoms with E-state index < -0.39 is 6.10 Å². The van der Waals surface area contributed by atoms with Crippen molar-refractivity contribution in [1.29, 1.82) is 0 Å². The van der Waals surface area contributed by atoms with Crippen molar-refractivity contribution in [2.24, 2.45) is 0 Å². The lowest BCUT2D eigenvalue weighted by molar-refractivity contribution is 0.199. The molecule has 1 N–H and O–H groups in total. The number of pyridine rings is 1. The van der Waals surface area contributed by atoms with Crippen LogP contribution in [0.2, 0.25) is 0 Å². The van der Waals surface area contributed by atoms with Gasteiger partial charge in [0.05, 0.1) is 13.2 Å². The molecule has 0 saturated carbocycles. The van der Waals surface area contributed by atoms with Crippen LogP contribution in [0.15, 0.2) is 42.6 Å². The van der Waals surface area contributed by atoms with Gasteiger partial charge in [-0.25, -0.2) is 4.98 Å². The van der Waals surface area contributed by atoms with Gasteiger partial charge in [0.1, 0.15) is 11.6 Å². The van der Waals surface area contributed by atoms with Crippen LogP contribution in [-0.4, -0.2) is 24.2 Å². The molecule has 2 rings (SSSR count). The van der Waals surface area contributed by atoms with Crippen molar-refractivity contribution in [3.05, 3.63) is 48.2 Å². The molecule has 4 heteroatoms. The fourth-order valence-corrected chi connectivity index (χ4v) is 1.82. The highest BCUT2D eigenvalue weighted by molar-refractivity contribution is 5.60. The van der Waals surface area contributed by atoms with Gasteiger partial charge in [0.15, 0.2) is 0 Å². The summed E-state index contributed by atoms with van der Waals surface area (Å²) >= 11 is 0. The zero-order valence-electron chi connectivity index (χ0n) is 11.4. The Balaban J connectivity index is 2.27. The molecule has 100 valence electrons. The predicted molar refractivity (Wildman–Crippen MR) is 75.9 cm³/mol. The summed E-state index contributed by atoms with van der Waals surface area (Å²) < 4.78 is 5.14. The van der Waals surface area contributed by atoms with Gasteiger partial charge in [0.2, 0.25) is 0 Å². The quantitative estimate of drug-likeness (QED) is 0.916. The maximum Gasteiger partial charge on any atom is 0.133 e. The number of rotatable bonds is 4. The van der Waals surface area contributed by atoms with Crippen molar-refractivity contribution in [2.45, 2.75) is 13.0 Å². The first kappa shape index (κ1) is 13.4. The zero-order chi connectivity index (χ0) is 13.8. The summed E-state index contributed by atoms with van der Waals surface area (Å²) in [6.07, 6.45) is 1.21. The smallest absolute Gasteiger partial charge is 0.133 e. The molecule has 1 aromatic heterocycles. The summed E-state index contributed by atoms with van der Waals surface area (Å²) in [5, 5.41) is 9.61. The number of aromatic nitrogens is 1. The Morgan fingerprint density at radius 1 is 1.21 bits per heavy atom. The highest BCUT2D eigenvalue weighted by Gasteiger charge is 2.08. The summed E-state index contributed by atoms with van der Waals surface area (Å²) in [7, 11) is 3.59. The summed E-state index contributed by atoms with van der Waals surface area (Å²) in [6, 6.07) is 11.4. The van der Waals surface area contributed by atoms with Gasteiger partial charge >= 0.3 is 0 Å². The normalized spacial score (nSPS) is 12.0. The van der Waals surface area contributed by atoms with Gasteiger partial charge in [-0.15, -0.1) is 0 Å². The monoisotopic (exact) mass is 258 g/mol. The summed E-state index contributed by atoms with van der Waals surface area (Å²) in [4.78, 5) is 6.29. The fourth-order valence-electron chi connectivity index (χ4n) is 1.82. The Kier molecular flexibility index (Phi) is 4.02. The van der Waals surface area contributed by atoms with Gasteiger partial charge in [-0.2, -0.15) is 0 Å². The largest absolute Gasteiger partial charge is 0.497 e. The van der Waals surface area contributed by atoms with Crippen LogP contribution in [0.4, 0.5) is 11.5 Å². The average Bonchev–Trinajstić information content (AvgIpc) is 2.46. The Hall–Kier alpha value is -2.07. The standard InChI is InChI=1S/C15H18N2O2/c1-11(18)12-8-9-16-15(10-12)17(2)13-4-6-14(19-3)7-5-13/h4-11,18H,1-3H3/t11-/m1/s1. The molecule has 2 aromatic rings. The molecule has 0 fully saturated rings. The summed E-state index contributed by atoms with van der Waals surface area (Å²) in [6.45, 7) is 1.74. The number of anilines is 2. The van der Waals surface area contributed by atoms with E-state index in [4.69, 9.17) is 4.74 Å². The van der Waals surface area contributed by atoms with E-state index >= 15 is 0 Å². The molecule has 0 spiro atoms. The summed E-state index contributed by atoms with van der Waals surface area (Å²) in [5.74, 6) is 1.62. The Morgan fingerprint density at radius 3 is 2.47 bits per heavy atom. The first-order valence-corrected chi connectivity index (χ1v) is 6.13. The van der Waals surface area contributed by atoms with E-state index in [-0.39, 0.29) is 0 Å². The fraction of sp³-hybridized carbons (Fsp3) is 0.267. The molecule has 0 bridgehead atoms.